The minimum absolute atomic E-state index is 0.248. The second-order valence-corrected chi connectivity index (χ2v) is 8.88. The van der Waals surface area contributed by atoms with Crippen molar-refractivity contribution >= 4 is 33.5 Å². The second-order valence-electron chi connectivity index (χ2n) is 7.85. The maximum Gasteiger partial charge on any atom is 0.410 e. The van der Waals surface area contributed by atoms with Crippen molar-refractivity contribution in [3.05, 3.63) is 42.7 Å². The molecule has 0 bridgehead atoms. The van der Waals surface area contributed by atoms with Crippen LogP contribution in [-0.2, 0) is 4.74 Å². The predicted molar refractivity (Wildman–Crippen MR) is 113 cm³/mol. The van der Waals surface area contributed by atoms with E-state index in [1.165, 1.54) is 10.4 Å². The number of carbonyl (C=O) groups is 1. The Balaban J connectivity index is 1.53. The smallest absolute Gasteiger partial charge is 0.410 e. The van der Waals surface area contributed by atoms with E-state index in [2.05, 4.69) is 33.1 Å². The Kier molecular flexibility index (Phi) is 4.93. The number of benzene rings is 1. The summed E-state index contributed by atoms with van der Waals surface area (Å²) in [6.45, 7) is 8.36. The van der Waals surface area contributed by atoms with E-state index >= 15 is 0 Å². The number of ether oxygens (including phenoxy) is 1. The Morgan fingerprint density at radius 3 is 2.46 bits per heavy atom. The number of amides is 1. The summed E-state index contributed by atoms with van der Waals surface area (Å²) in [5, 5.41) is 1.07. The summed E-state index contributed by atoms with van der Waals surface area (Å²) in [6.07, 6.45) is 1.38. The zero-order valence-electron chi connectivity index (χ0n) is 16.4. The number of fused-ring (bicyclic) bond motifs is 1. The highest BCUT2D eigenvalue weighted by molar-refractivity contribution is 7.21. The van der Waals surface area contributed by atoms with E-state index in [-0.39, 0.29) is 6.09 Å². The molecule has 0 aliphatic carbocycles. The van der Waals surface area contributed by atoms with Gasteiger partial charge in [-0.3, -0.25) is 0 Å². The average Bonchev–Trinajstić information content (AvgIpc) is 3.12. The second kappa shape index (κ2) is 7.39. The third-order valence-electron chi connectivity index (χ3n) is 4.60. The Morgan fingerprint density at radius 2 is 1.79 bits per heavy atom. The van der Waals surface area contributed by atoms with Gasteiger partial charge in [-0.2, -0.15) is 0 Å². The largest absolute Gasteiger partial charge is 0.444 e. The zero-order chi connectivity index (χ0) is 19.7. The highest BCUT2D eigenvalue weighted by atomic mass is 32.1. The van der Waals surface area contributed by atoms with Crippen LogP contribution in [0.5, 0.6) is 0 Å². The molecule has 0 saturated carbocycles. The molecule has 1 aliphatic rings. The SMILES string of the molecule is CC(C)(C)OC(=O)N1CCN(c2ncnc3sc(-c4ccccc4)cc23)CC1. The monoisotopic (exact) mass is 396 g/mol. The first-order valence-corrected chi connectivity index (χ1v) is 10.3. The molecule has 4 rings (SSSR count). The van der Waals surface area contributed by atoms with Gasteiger partial charge in [0.15, 0.2) is 0 Å². The minimum atomic E-state index is -0.475. The topological polar surface area (TPSA) is 58.6 Å². The lowest BCUT2D eigenvalue weighted by Crippen LogP contribution is -2.50. The van der Waals surface area contributed by atoms with Crippen molar-refractivity contribution in [1.29, 1.82) is 0 Å². The zero-order valence-corrected chi connectivity index (χ0v) is 17.2. The van der Waals surface area contributed by atoms with Gasteiger partial charge in [-0.25, -0.2) is 14.8 Å². The van der Waals surface area contributed by atoms with E-state index in [9.17, 15) is 4.79 Å². The van der Waals surface area contributed by atoms with E-state index in [4.69, 9.17) is 4.74 Å². The average molecular weight is 397 g/mol. The molecule has 0 spiro atoms. The molecular weight excluding hydrogens is 372 g/mol. The summed E-state index contributed by atoms with van der Waals surface area (Å²) in [4.78, 5) is 27.5. The molecule has 1 aliphatic heterocycles. The van der Waals surface area contributed by atoms with Gasteiger partial charge in [0, 0.05) is 31.1 Å². The van der Waals surface area contributed by atoms with Crippen LogP contribution in [0.1, 0.15) is 20.8 Å². The van der Waals surface area contributed by atoms with E-state index in [1.54, 1.807) is 22.6 Å². The fourth-order valence-corrected chi connectivity index (χ4v) is 4.27. The third-order valence-corrected chi connectivity index (χ3v) is 5.69. The number of piperazine rings is 1. The van der Waals surface area contributed by atoms with Crippen molar-refractivity contribution < 1.29 is 9.53 Å². The van der Waals surface area contributed by atoms with Crippen LogP contribution < -0.4 is 4.90 Å². The number of hydrogen-bond acceptors (Lipinski definition) is 6. The molecule has 1 saturated heterocycles. The van der Waals surface area contributed by atoms with Crippen LogP contribution in [0.25, 0.3) is 20.7 Å². The molecule has 7 heteroatoms. The Labute approximate surface area is 168 Å². The van der Waals surface area contributed by atoms with Crippen molar-refractivity contribution in [3.63, 3.8) is 0 Å². The van der Waals surface area contributed by atoms with Crippen LogP contribution in [0.3, 0.4) is 0 Å². The molecule has 3 aromatic rings. The Bertz CT molecular complexity index is 973. The highest BCUT2D eigenvalue weighted by Crippen LogP contribution is 2.36. The van der Waals surface area contributed by atoms with Crippen LogP contribution >= 0.6 is 11.3 Å². The van der Waals surface area contributed by atoms with Crippen molar-refractivity contribution in [2.45, 2.75) is 26.4 Å². The van der Waals surface area contributed by atoms with Crippen LogP contribution in [0, 0.1) is 0 Å². The number of thiophene rings is 1. The van der Waals surface area contributed by atoms with Crippen LogP contribution in [0.4, 0.5) is 10.6 Å². The van der Waals surface area contributed by atoms with E-state index < -0.39 is 5.60 Å². The standard InChI is InChI=1S/C21H24N4O2S/c1-21(2,3)27-20(26)25-11-9-24(10-12-25)18-16-13-17(15-7-5-4-6-8-15)28-19(16)23-14-22-18/h4-8,13-14H,9-12H2,1-3H3. The summed E-state index contributed by atoms with van der Waals surface area (Å²) in [5.41, 5.74) is 0.712. The molecule has 0 atom stereocenters. The molecule has 1 aromatic carbocycles. The maximum atomic E-state index is 12.3. The summed E-state index contributed by atoms with van der Waals surface area (Å²) >= 11 is 1.68. The molecule has 0 N–H and O–H groups in total. The van der Waals surface area contributed by atoms with E-state index in [1.807, 2.05) is 39.0 Å². The summed E-state index contributed by atoms with van der Waals surface area (Å²) in [7, 11) is 0. The Hall–Kier alpha value is -2.67. The van der Waals surface area contributed by atoms with E-state index in [0.717, 1.165) is 29.1 Å². The van der Waals surface area contributed by atoms with Crippen LogP contribution in [0.2, 0.25) is 0 Å². The van der Waals surface area contributed by atoms with Crippen LogP contribution in [-0.4, -0.2) is 52.7 Å². The van der Waals surface area contributed by atoms with Gasteiger partial charge in [0.1, 0.15) is 22.6 Å². The van der Waals surface area contributed by atoms with Gasteiger partial charge in [0.05, 0.1) is 5.39 Å². The first-order chi connectivity index (χ1) is 13.4. The van der Waals surface area contributed by atoms with Crippen LogP contribution in [0.15, 0.2) is 42.7 Å². The molecule has 0 radical (unpaired) electrons. The molecule has 0 unspecified atom stereocenters. The number of nitrogens with zero attached hydrogens (tertiary/aromatic N) is 4. The molecule has 6 nitrogen and oxygen atoms in total. The van der Waals surface area contributed by atoms with Gasteiger partial charge in [-0.15, -0.1) is 11.3 Å². The molecule has 146 valence electrons. The van der Waals surface area contributed by atoms with E-state index in [0.29, 0.717) is 13.1 Å². The maximum absolute atomic E-state index is 12.3. The molecule has 3 heterocycles. The number of aromatic nitrogens is 2. The fraction of sp³-hybridized carbons (Fsp3) is 0.381. The number of rotatable bonds is 2. The van der Waals surface area contributed by atoms with Crippen molar-refractivity contribution in [3.8, 4) is 10.4 Å². The number of hydrogen-bond donors (Lipinski definition) is 0. The van der Waals surface area contributed by atoms with Gasteiger partial charge < -0.3 is 14.5 Å². The number of carbonyl (C=O) groups excluding carboxylic acids is 1. The van der Waals surface area contributed by atoms with Crippen molar-refractivity contribution in [2.24, 2.45) is 0 Å². The summed E-state index contributed by atoms with van der Waals surface area (Å²) in [5.74, 6) is 0.937. The van der Waals surface area contributed by atoms with Crippen molar-refractivity contribution in [1.82, 2.24) is 14.9 Å². The molecule has 1 fully saturated rings. The quantitative estimate of drug-likeness (QED) is 0.642. The van der Waals surface area contributed by atoms with Gasteiger partial charge in [-0.05, 0) is 32.4 Å². The molecule has 2 aromatic heterocycles. The van der Waals surface area contributed by atoms with Gasteiger partial charge in [-0.1, -0.05) is 30.3 Å². The third kappa shape index (κ3) is 3.94. The van der Waals surface area contributed by atoms with Gasteiger partial charge in [0.2, 0.25) is 0 Å². The Morgan fingerprint density at radius 1 is 1.07 bits per heavy atom. The number of anilines is 1. The molecule has 1 amide bonds. The normalized spacial score (nSPS) is 15.1. The van der Waals surface area contributed by atoms with Crippen molar-refractivity contribution in [2.75, 3.05) is 31.1 Å². The fourth-order valence-electron chi connectivity index (χ4n) is 3.27. The lowest BCUT2D eigenvalue weighted by Gasteiger charge is -2.36. The minimum Gasteiger partial charge on any atom is -0.444 e. The van der Waals surface area contributed by atoms with Gasteiger partial charge in [0.25, 0.3) is 0 Å². The van der Waals surface area contributed by atoms with Gasteiger partial charge >= 0.3 is 6.09 Å². The molecule has 28 heavy (non-hydrogen) atoms. The molecular formula is C21H24N4O2S. The lowest BCUT2D eigenvalue weighted by molar-refractivity contribution is 0.0240. The predicted octanol–water partition coefficient (Wildman–Crippen LogP) is 4.42. The summed E-state index contributed by atoms with van der Waals surface area (Å²) in [6, 6.07) is 12.5. The highest BCUT2D eigenvalue weighted by Gasteiger charge is 2.27. The first-order valence-electron chi connectivity index (χ1n) is 9.43. The lowest BCUT2D eigenvalue weighted by atomic mass is 10.2. The first kappa shape index (κ1) is 18.7. The summed E-state index contributed by atoms with van der Waals surface area (Å²) < 4.78 is 5.49.